The van der Waals surface area contributed by atoms with E-state index >= 15 is 0 Å². The highest BCUT2D eigenvalue weighted by atomic mass is 16.6. The van der Waals surface area contributed by atoms with E-state index in [4.69, 9.17) is 4.84 Å². The molecule has 0 spiro atoms. The Labute approximate surface area is 130 Å². The number of piperidine rings is 1. The van der Waals surface area contributed by atoms with Crippen molar-refractivity contribution in [1.29, 1.82) is 0 Å². The molecule has 1 atom stereocenters. The van der Waals surface area contributed by atoms with Crippen LogP contribution in [-0.2, 0) is 4.84 Å². The van der Waals surface area contributed by atoms with E-state index in [-0.39, 0.29) is 0 Å². The van der Waals surface area contributed by atoms with Crippen molar-refractivity contribution in [3.63, 3.8) is 0 Å². The molecule has 2 aliphatic heterocycles. The van der Waals surface area contributed by atoms with Crippen molar-refractivity contribution in [3.8, 4) is 0 Å². The quantitative estimate of drug-likeness (QED) is 0.590. The smallest absolute Gasteiger partial charge is 0.106 e. The predicted molar refractivity (Wildman–Crippen MR) is 88.7 cm³/mol. The lowest BCUT2D eigenvalue weighted by molar-refractivity contribution is 0.133. The van der Waals surface area contributed by atoms with E-state index < -0.39 is 0 Å². The van der Waals surface area contributed by atoms with Gasteiger partial charge in [-0.05, 0) is 71.2 Å². The molecule has 0 aliphatic carbocycles. The van der Waals surface area contributed by atoms with Gasteiger partial charge in [0.15, 0.2) is 0 Å². The molecule has 0 aromatic carbocycles. The molecule has 0 amide bonds. The average molecular weight is 295 g/mol. The Morgan fingerprint density at radius 1 is 1.05 bits per heavy atom. The summed E-state index contributed by atoms with van der Waals surface area (Å²) in [4.78, 5) is 10.3. The molecule has 122 valence electrons. The number of hydrogen-bond acceptors (Lipinski definition) is 4. The van der Waals surface area contributed by atoms with E-state index in [1.807, 2.05) is 0 Å². The van der Waals surface area contributed by atoms with E-state index in [0.717, 1.165) is 6.04 Å². The van der Waals surface area contributed by atoms with Crippen molar-refractivity contribution in [2.75, 3.05) is 40.3 Å². The summed E-state index contributed by atoms with van der Waals surface area (Å²) >= 11 is 0. The van der Waals surface area contributed by atoms with Crippen LogP contribution in [0.2, 0.25) is 0 Å². The highest BCUT2D eigenvalue weighted by Gasteiger charge is 2.29. The zero-order chi connectivity index (χ0) is 15.2. The number of nitrogens with zero attached hydrogens (tertiary/aromatic N) is 3. The molecule has 0 saturated carbocycles. The molecule has 2 heterocycles. The summed E-state index contributed by atoms with van der Waals surface area (Å²) in [5.41, 5.74) is 1.26. The van der Waals surface area contributed by atoms with Gasteiger partial charge in [0, 0.05) is 12.0 Å². The standard InChI is InChI=1S/C17H33N3O/c1-14(2)17(18-21-4)15-7-12-20(13-8-15)16-6-5-10-19(3)11-9-16/h14-16H,5-13H2,1-4H3/b18-17+. The maximum Gasteiger partial charge on any atom is 0.106 e. The normalized spacial score (nSPS) is 27.9. The lowest BCUT2D eigenvalue weighted by Crippen LogP contribution is -2.43. The Morgan fingerprint density at radius 3 is 2.38 bits per heavy atom. The van der Waals surface area contributed by atoms with Crippen molar-refractivity contribution in [1.82, 2.24) is 9.80 Å². The lowest BCUT2D eigenvalue weighted by atomic mass is 9.85. The molecule has 4 heteroatoms. The van der Waals surface area contributed by atoms with Gasteiger partial charge in [-0.2, -0.15) is 0 Å². The second-order valence-corrected chi connectivity index (χ2v) is 7.05. The Morgan fingerprint density at radius 2 is 1.76 bits per heavy atom. The minimum absolute atomic E-state index is 0.494. The van der Waals surface area contributed by atoms with Gasteiger partial charge in [0.05, 0.1) is 5.71 Å². The van der Waals surface area contributed by atoms with Gasteiger partial charge in [-0.1, -0.05) is 19.0 Å². The molecule has 21 heavy (non-hydrogen) atoms. The first kappa shape index (κ1) is 16.8. The van der Waals surface area contributed by atoms with E-state index in [0.29, 0.717) is 11.8 Å². The van der Waals surface area contributed by atoms with Gasteiger partial charge in [-0.25, -0.2) is 0 Å². The molecule has 2 rings (SSSR count). The van der Waals surface area contributed by atoms with Crippen LogP contribution in [0.5, 0.6) is 0 Å². The molecule has 0 N–H and O–H groups in total. The van der Waals surface area contributed by atoms with E-state index in [1.54, 1.807) is 7.11 Å². The van der Waals surface area contributed by atoms with E-state index in [1.165, 1.54) is 64.0 Å². The van der Waals surface area contributed by atoms with E-state index in [2.05, 4.69) is 35.9 Å². The molecule has 2 fully saturated rings. The van der Waals surface area contributed by atoms with Crippen LogP contribution >= 0.6 is 0 Å². The van der Waals surface area contributed by atoms with Gasteiger partial charge in [0.1, 0.15) is 7.11 Å². The summed E-state index contributed by atoms with van der Waals surface area (Å²) in [5, 5.41) is 4.30. The molecule has 0 aromatic rings. The summed E-state index contributed by atoms with van der Waals surface area (Å²) in [5.74, 6) is 1.11. The van der Waals surface area contributed by atoms with Crippen LogP contribution in [0.3, 0.4) is 0 Å². The minimum atomic E-state index is 0.494. The van der Waals surface area contributed by atoms with Gasteiger partial charge < -0.3 is 14.6 Å². The second-order valence-electron chi connectivity index (χ2n) is 7.05. The first-order valence-electron chi connectivity index (χ1n) is 8.65. The van der Waals surface area contributed by atoms with Gasteiger partial charge in [0.25, 0.3) is 0 Å². The number of rotatable bonds is 4. The van der Waals surface area contributed by atoms with Crippen LogP contribution in [0.25, 0.3) is 0 Å². The maximum absolute atomic E-state index is 5.06. The third kappa shape index (κ3) is 4.68. The van der Waals surface area contributed by atoms with Crippen molar-refractivity contribution < 1.29 is 4.84 Å². The molecule has 0 bridgehead atoms. The molecule has 4 nitrogen and oxygen atoms in total. The summed E-state index contributed by atoms with van der Waals surface area (Å²) < 4.78 is 0. The van der Waals surface area contributed by atoms with Crippen LogP contribution in [0, 0.1) is 11.8 Å². The third-order valence-electron chi connectivity index (χ3n) is 5.17. The summed E-state index contributed by atoms with van der Waals surface area (Å²) in [7, 11) is 3.92. The molecular formula is C17H33N3O. The number of likely N-dealkylation sites (tertiary alicyclic amines) is 2. The van der Waals surface area contributed by atoms with Crippen LogP contribution in [0.1, 0.15) is 46.0 Å². The van der Waals surface area contributed by atoms with Crippen molar-refractivity contribution >= 4 is 5.71 Å². The van der Waals surface area contributed by atoms with Crippen molar-refractivity contribution in [3.05, 3.63) is 0 Å². The van der Waals surface area contributed by atoms with Crippen molar-refractivity contribution in [2.24, 2.45) is 17.0 Å². The second kappa shape index (κ2) is 8.14. The molecule has 1 unspecified atom stereocenters. The fourth-order valence-electron chi connectivity index (χ4n) is 3.90. The Hall–Kier alpha value is -0.610. The molecular weight excluding hydrogens is 262 g/mol. The van der Waals surface area contributed by atoms with Gasteiger partial charge in [-0.15, -0.1) is 0 Å². The van der Waals surface area contributed by atoms with Crippen LogP contribution < -0.4 is 0 Å². The Kier molecular flexibility index (Phi) is 6.49. The summed E-state index contributed by atoms with van der Waals surface area (Å²) in [6.45, 7) is 9.44. The predicted octanol–water partition coefficient (Wildman–Crippen LogP) is 2.84. The Balaban J connectivity index is 1.86. The summed E-state index contributed by atoms with van der Waals surface area (Å²) in [6, 6.07) is 0.803. The lowest BCUT2D eigenvalue weighted by Gasteiger charge is -2.38. The average Bonchev–Trinajstić information content (AvgIpc) is 2.69. The van der Waals surface area contributed by atoms with Crippen LogP contribution in [-0.4, -0.2) is 61.9 Å². The zero-order valence-corrected chi connectivity index (χ0v) is 14.3. The van der Waals surface area contributed by atoms with Crippen LogP contribution in [0.15, 0.2) is 5.16 Å². The zero-order valence-electron chi connectivity index (χ0n) is 14.3. The fourth-order valence-corrected chi connectivity index (χ4v) is 3.90. The van der Waals surface area contributed by atoms with E-state index in [9.17, 15) is 0 Å². The largest absolute Gasteiger partial charge is 0.399 e. The highest BCUT2D eigenvalue weighted by molar-refractivity contribution is 5.88. The first-order valence-corrected chi connectivity index (χ1v) is 8.65. The third-order valence-corrected chi connectivity index (χ3v) is 5.17. The van der Waals surface area contributed by atoms with Gasteiger partial charge in [-0.3, -0.25) is 0 Å². The fraction of sp³-hybridized carbons (Fsp3) is 0.941. The summed E-state index contributed by atoms with van der Waals surface area (Å²) in [6.07, 6.45) is 6.55. The maximum atomic E-state index is 5.06. The highest BCUT2D eigenvalue weighted by Crippen LogP contribution is 2.26. The van der Waals surface area contributed by atoms with Gasteiger partial charge >= 0.3 is 0 Å². The van der Waals surface area contributed by atoms with Crippen LogP contribution in [0.4, 0.5) is 0 Å². The molecule has 2 aliphatic rings. The molecule has 0 radical (unpaired) electrons. The monoisotopic (exact) mass is 295 g/mol. The first-order chi connectivity index (χ1) is 10.1. The van der Waals surface area contributed by atoms with Gasteiger partial charge in [0.2, 0.25) is 0 Å². The molecule has 0 aromatic heterocycles. The topological polar surface area (TPSA) is 28.1 Å². The molecule has 2 saturated heterocycles. The minimum Gasteiger partial charge on any atom is -0.399 e. The number of oxime groups is 1. The SMILES string of the molecule is CO/N=C(\C(C)C)C1CCN(C2CCCN(C)CC2)CC1. The van der Waals surface area contributed by atoms with Crippen molar-refractivity contribution in [2.45, 2.75) is 52.0 Å². The Bertz CT molecular complexity index is 335. The number of hydrogen-bond donors (Lipinski definition) is 0.